The van der Waals surface area contributed by atoms with Gasteiger partial charge in [-0.2, -0.15) is 0 Å². The Balaban J connectivity index is 2.01. The molecule has 0 unspecified atom stereocenters. The lowest BCUT2D eigenvalue weighted by atomic mass is 9.90. The van der Waals surface area contributed by atoms with Crippen LogP contribution in [0.4, 0.5) is 4.39 Å². The van der Waals surface area contributed by atoms with Crippen molar-refractivity contribution in [2.75, 3.05) is 13.1 Å². The minimum atomic E-state index is -0.881. The largest absolute Gasteiger partial charge is 0.481 e. The number of carboxylic acid groups (broad SMARTS) is 1. The van der Waals surface area contributed by atoms with Crippen LogP contribution in [0.1, 0.15) is 18.9 Å². The van der Waals surface area contributed by atoms with Gasteiger partial charge in [0.1, 0.15) is 5.82 Å². The fraction of sp³-hybridized carbons (Fsp3) is 0.429. The molecule has 1 fully saturated rings. The molecule has 1 saturated heterocycles. The van der Waals surface area contributed by atoms with Gasteiger partial charge in [-0.1, -0.05) is 12.1 Å². The van der Waals surface area contributed by atoms with E-state index in [2.05, 4.69) is 0 Å². The van der Waals surface area contributed by atoms with E-state index in [4.69, 9.17) is 5.11 Å². The third-order valence-electron chi connectivity index (χ3n) is 3.59. The summed E-state index contributed by atoms with van der Waals surface area (Å²) < 4.78 is 13.0. The van der Waals surface area contributed by atoms with Crippen LogP contribution in [-0.2, 0) is 16.0 Å². The molecule has 0 bridgehead atoms. The summed E-state index contributed by atoms with van der Waals surface area (Å²) in [6.07, 6.45) is 0.560. The van der Waals surface area contributed by atoms with Crippen LogP contribution in [0.25, 0.3) is 0 Å². The minimum absolute atomic E-state index is 0.105. The Bertz CT molecular complexity index is 517. The van der Waals surface area contributed by atoms with E-state index in [1.165, 1.54) is 12.1 Å². The topological polar surface area (TPSA) is 57.6 Å². The quantitative estimate of drug-likeness (QED) is 0.904. The molecular formula is C14H16FNO3. The van der Waals surface area contributed by atoms with E-state index in [1.807, 2.05) is 0 Å². The number of carbonyl (C=O) groups excluding carboxylic acids is 1. The Morgan fingerprint density at radius 3 is 2.79 bits per heavy atom. The number of halogens is 1. The van der Waals surface area contributed by atoms with E-state index in [1.54, 1.807) is 24.0 Å². The Morgan fingerprint density at radius 1 is 1.47 bits per heavy atom. The molecule has 0 aliphatic carbocycles. The zero-order valence-corrected chi connectivity index (χ0v) is 10.7. The number of carboxylic acids is 1. The number of likely N-dealkylation sites (tertiary alicyclic amines) is 1. The maximum Gasteiger partial charge on any atom is 0.311 e. The smallest absolute Gasteiger partial charge is 0.311 e. The molecule has 1 heterocycles. The van der Waals surface area contributed by atoms with Crippen molar-refractivity contribution in [1.29, 1.82) is 0 Å². The van der Waals surface area contributed by atoms with Crippen molar-refractivity contribution >= 4 is 11.9 Å². The summed E-state index contributed by atoms with van der Waals surface area (Å²) in [5.41, 5.74) is -0.258. The van der Waals surface area contributed by atoms with Gasteiger partial charge in [-0.15, -0.1) is 0 Å². The van der Waals surface area contributed by atoms with Crippen molar-refractivity contribution in [1.82, 2.24) is 4.90 Å². The van der Waals surface area contributed by atoms with Gasteiger partial charge in [-0.05, 0) is 31.0 Å². The molecule has 1 aromatic carbocycles. The molecule has 4 nitrogen and oxygen atoms in total. The molecule has 0 aromatic heterocycles. The van der Waals surface area contributed by atoms with Crippen LogP contribution in [0.15, 0.2) is 24.3 Å². The van der Waals surface area contributed by atoms with Gasteiger partial charge in [0, 0.05) is 13.1 Å². The standard InChI is InChI=1S/C14H16FNO3/c1-14(13(18)19)5-6-16(9-14)12(17)8-10-3-2-4-11(15)7-10/h2-4,7H,5-6,8-9H2,1H3,(H,18,19)/t14-/m0/s1. The average Bonchev–Trinajstić information content (AvgIpc) is 2.73. The first-order valence-corrected chi connectivity index (χ1v) is 6.16. The van der Waals surface area contributed by atoms with Gasteiger partial charge in [0.25, 0.3) is 0 Å². The first-order valence-electron chi connectivity index (χ1n) is 6.16. The highest BCUT2D eigenvalue weighted by atomic mass is 19.1. The van der Waals surface area contributed by atoms with Gasteiger partial charge >= 0.3 is 5.97 Å². The number of hydrogen-bond acceptors (Lipinski definition) is 2. The Morgan fingerprint density at radius 2 is 2.21 bits per heavy atom. The lowest BCUT2D eigenvalue weighted by molar-refractivity contribution is -0.147. The summed E-state index contributed by atoms with van der Waals surface area (Å²) in [6.45, 7) is 2.30. The summed E-state index contributed by atoms with van der Waals surface area (Å²) in [7, 11) is 0. The lowest BCUT2D eigenvalue weighted by Crippen LogP contribution is -2.35. The summed E-state index contributed by atoms with van der Waals surface area (Å²) in [6, 6.07) is 5.90. The Kier molecular flexibility index (Phi) is 3.55. The van der Waals surface area contributed by atoms with E-state index in [9.17, 15) is 14.0 Å². The molecule has 0 spiro atoms. The van der Waals surface area contributed by atoms with E-state index < -0.39 is 11.4 Å². The zero-order valence-electron chi connectivity index (χ0n) is 10.7. The fourth-order valence-corrected chi connectivity index (χ4v) is 2.28. The van der Waals surface area contributed by atoms with E-state index in [-0.39, 0.29) is 24.7 Å². The SMILES string of the molecule is C[C@]1(C(=O)O)CCN(C(=O)Cc2cccc(F)c2)C1. The highest BCUT2D eigenvalue weighted by Crippen LogP contribution is 2.30. The van der Waals surface area contributed by atoms with Crippen LogP contribution in [0.2, 0.25) is 0 Å². The highest BCUT2D eigenvalue weighted by Gasteiger charge is 2.41. The van der Waals surface area contributed by atoms with Crippen LogP contribution in [0, 0.1) is 11.2 Å². The van der Waals surface area contributed by atoms with Crippen molar-refractivity contribution in [2.24, 2.45) is 5.41 Å². The molecular weight excluding hydrogens is 249 g/mol. The van der Waals surface area contributed by atoms with Gasteiger partial charge in [-0.25, -0.2) is 4.39 Å². The second-order valence-electron chi connectivity index (χ2n) is 5.24. The summed E-state index contributed by atoms with van der Waals surface area (Å²) in [5.74, 6) is -1.41. The Hall–Kier alpha value is -1.91. The predicted octanol–water partition coefficient (Wildman–Crippen LogP) is 1.69. The lowest BCUT2D eigenvalue weighted by Gasteiger charge is -2.20. The molecule has 0 radical (unpaired) electrons. The monoisotopic (exact) mass is 265 g/mol. The highest BCUT2D eigenvalue weighted by molar-refractivity contribution is 5.81. The van der Waals surface area contributed by atoms with Crippen molar-refractivity contribution in [3.8, 4) is 0 Å². The molecule has 19 heavy (non-hydrogen) atoms. The molecule has 2 rings (SSSR count). The minimum Gasteiger partial charge on any atom is -0.481 e. The zero-order chi connectivity index (χ0) is 14.0. The van der Waals surface area contributed by atoms with E-state index in [0.29, 0.717) is 18.5 Å². The number of rotatable bonds is 3. The van der Waals surface area contributed by atoms with Crippen LogP contribution >= 0.6 is 0 Å². The maximum absolute atomic E-state index is 13.0. The third-order valence-corrected chi connectivity index (χ3v) is 3.59. The molecule has 1 atom stereocenters. The van der Waals surface area contributed by atoms with Crippen molar-refractivity contribution in [3.05, 3.63) is 35.6 Å². The van der Waals surface area contributed by atoms with E-state index in [0.717, 1.165) is 0 Å². The number of nitrogens with zero attached hydrogens (tertiary/aromatic N) is 1. The second kappa shape index (κ2) is 4.99. The average molecular weight is 265 g/mol. The molecule has 5 heteroatoms. The maximum atomic E-state index is 13.0. The fourth-order valence-electron chi connectivity index (χ4n) is 2.28. The molecule has 0 saturated carbocycles. The molecule has 1 aliphatic rings. The normalized spacial score (nSPS) is 22.5. The van der Waals surface area contributed by atoms with Gasteiger partial charge in [0.15, 0.2) is 0 Å². The van der Waals surface area contributed by atoms with Crippen LogP contribution < -0.4 is 0 Å². The van der Waals surface area contributed by atoms with Gasteiger partial charge in [-0.3, -0.25) is 9.59 Å². The first-order chi connectivity index (χ1) is 8.90. The van der Waals surface area contributed by atoms with Crippen molar-refractivity contribution < 1.29 is 19.1 Å². The number of benzene rings is 1. The van der Waals surface area contributed by atoms with Crippen LogP contribution in [0.3, 0.4) is 0 Å². The molecule has 1 aromatic rings. The number of amides is 1. The number of aliphatic carboxylic acids is 1. The third kappa shape index (κ3) is 2.92. The summed E-state index contributed by atoms with van der Waals surface area (Å²) in [4.78, 5) is 24.7. The van der Waals surface area contributed by atoms with Crippen molar-refractivity contribution in [2.45, 2.75) is 19.8 Å². The molecule has 1 aliphatic heterocycles. The summed E-state index contributed by atoms with van der Waals surface area (Å²) >= 11 is 0. The number of carbonyl (C=O) groups is 2. The first kappa shape index (κ1) is 13.5. The van der Waals surface area contributed by atoms with E-state index >= 15 is 0 Å². The summed E-state index contributed by atoms with van der Waals surface area (Å²) in [5, 5.41) is 9.11. The van der Waals surface area contributed by atoms with Gasteiger partial charge in [0.05, 0.1) is 11.8 Å². The van der Waals surface area contributed by atoms with Crippen LogP contribution in [-0.4, -0.2) is 35.0 Å². The number of hydrogen-bond donors (Lipinski definition) is 1. The molecule has 102 valence electrons. The Labute approximate surface area is 110 Å². The molecule has 1 N–H and O–H groups in total. The van der Waals surface area contributed by atoms with Crippen molar-refractivity contribution in [3.63, 3.8) is 0 Å². The molecule has 1 amide bonds. The van der Waals surface area contributed by atoms with Gasteiger partial charge < -0.3 is 10.0 Å². The second-order valence-corrected chi connectivity index (χ2v) is 5.24. The van der Waals surface area contributed by atoms with Crippen LogP contribution in [0.5, 0.6) is 0 Å². The predicted molar refractivity (Wildman–Crippen MR) is 67.0 cm³/mol. The van der Waals surface area contributed by atoms with Gasteiger partial charge in [0.2, 0.25) is 5.91 Å².